The average Bonchev–Trinajstić information content (AvgIpc) is 3.36. The number of amides is 1. The maximum Gasteiger partial charge on any atom is 0.307 e. The van der Waals surface area contributed by atoms with Crippen molar-refractivity contribution >= 4 is 11.9 Å². The lowest BCUT2D eigenvalue weighted by molar-refractivity contribution is -0.142. The number of rotatable bonds is 11. The first-order chi connectivity index (χ1) is 17.8. The van der Waals surface area contributed by atoms with Gasteiger partial charge in [-0.15, -0.1) is 0 Å². The van der Waals surface area contributed by atoms with Crippen LogP contribution in [0, 0.1) is 11.3 Å². The van der Waals surface area contributed by atoms with Crippen molar-refractivity contribution in [3.05, 3.63) is 65.7 Å². The molecule has 0 saturated heterocycles. The summed E-state index contributed by atoms with van der Waals surface area (Å²) in [5, 5.41) is 6.82. The van der Waals surface area contributed by atoms with Crippen LogP contribution < -0.4 is 10.1 Å². The fourth-order valence-electron chi connectivity index (χ4n) is 4.62. The third-order valence-corrected chi connectivity index (χ3v) is 6.35. The van der Waals surface area contributed by atoms with Gasteiger partial charge in [-0.1, -0.05) is 26.0 Å². The van der Waals surface area contributed by atoms with Crippen molar-refractivity contribution in [2.75, 3.05) is 13.2 Å². The number of nitrogens with one attached hydrogen (secondary N) is 1. The maximum absolute atomic E-state index is 12.8. The largest absolute Gasteiger partial charge is 0.482 e. The average molecular weight is 510 g/mol. The van der Waals surface area contributed by atoms with Crippen LogP contribution in [-0.2, 0) is 16.2 Å². The molecule has 1 aliphatic carbocycles. The lowest BCUT2D eigenvalue weighted by atomic mass is 9.62. The van der Waals surface area contributed by atoms with Crippen molar-refractivity contribution in [1.82, 2.24) is 25.1 Å². The minimum absolute atomic E-state index is 0.128. The lowest BCUT2D eigenvalue weighted by Crippen LogP contribution is -2.37. The van der Waals surface area contributed by atoms with Crippen molar-refractivity contribution in [3.63, 3.8) is 0 Å². The maximum atomic E-state index is 12.8. The Hall–Kier alpha value is -3.82. The van der Waals surface area contributed by atoms with Crippen LogP contribution in [0.5, 0.6) is 5.75 Å². The summed E-state index contributed by atoms with van der Waals surface area (Å²) >= 11 is 0. The molecule has 1 aromatic carbocycles. The van der Waals surface area contributed by atoms with Gasteiger partial charge in [-0.2, -0.15) is 5.10 Å². The third kappa shape index (κ3) is 6.69. The van der Waals surface area contributed by atoms with Crippen LogP contribution in [0.25, 0.3) is 5.95 Å². The van der Waals surface area contributed by atoms with E-state index in [2.05, 4.69) is 34.2 Å². The van der Waals surface area contributed by atoms with Gasteiger partial charge in [0.2, 0.25) is 0 Å². The molecule has 1 amide bonds. The molecule has 2 aromatic heterocycles. The van der Waals surface area contributed by atoms with Crippen LogP contribution in [0.3, 0.4) is 0 Å². The number of carbonyl (C=O) groups is 2. The predicted molar refractivity (Wildman–Crippen MR) is 134 cm³/mol. The van der Waals surface area contributed by atoms with Gasteiger partial charge in [0.1, 0.15) is 12.8 Å². The summed E-state index contributed by atoms with van der Waals surface area (Å²) in [5.74, 6) is 0.547. The number of nitrogens with zero attached hydrogens (tertiary/aromatic N) is 4. The standard InChI is InChI=1S/C27H32FN5O4/c1-4-36-23(34)9-10-29-25(35)20-7-5-19(6-8-20)24(21-11-27(2,3)12-21)37-22-15-30-26(31-16-22)33-17-18(13-28)14-32-33/h5-8,14-17,21,24H,4,9-13H2,1-3H3,(H,29,35). The number of esters is 1. The normalized spacial score (nSPS) is 15.5. The van der Waals surface area contributed by atoms with Gasteiger partial charge in [-0.05, 0) is 42.9 Å². The van der Waals surface area contributed by atoms with E-state index in [9.17, 15) is 14.0 Å². The molecule has 1 aliphatic rings. The second-order valence-electron chi connectivity index (χ2n) is 9.95. The SMILES string of the molecule is CCOC(=O)CCNC(=O)c1ccc(C(Oc2cnc(-n3cc(CF)cn3)nc2)C2CC(C)(C)C2)cc1. The highest BCUT2D eigenvalue weighted by molar-refractivity contribution is 5.94. The van der Waals surface area contributed by atoms with Crippen molar-refractivity contribution in [1.29, 1.82) is 0 Å². The van der Waals surface area contributed by atoms with Gasteiger partial charge in [0, 0.05) is 29.8 Å². The number of hydrogen-bond donors (Lipinski definition) is 1. The van der Waals surface area contributed by atoms with Crippen LogP contribution in [0.2, 0.25) is 0 Å². The monoisotopic (exact) mass is 509 g/mol. The van der Waals surface area contributed by atoms with Crippen molar-refractivity contribution in [2.24, 2.45) is 11.3 Å². The predicted octanol–water partition coefficient (Wildman–Crippen LogP) is 4.37. The molecule has 9 nitrogen and oxygen atoms in total. The Kier molecular flexibility index (Phi) is 8.15. The molecule has 10 heteroatoms. The van der Waals surface area contributed by atoms with Crippen molar-refractivity contribution in [3.8, 4) is 11.7 Å². The summed E-state index contributed by atoms with van der Waals surface area (Å²) in [7, 11) is 0. The smallest absolute Gasteiger partial charge is 0.307 e. The van der Waals surface area contributed by atoms with Gasteiger partial charge >= 0.3 is 5.97 Å². The Labute approximate surface area is 215 Å². The van der Waals surface area contributed by atoms with Gasteiger partial charge in [-0.25, -0.2) is 19.0 Å². The van der Waals surface area contributed by atoms with Crippen LogP contribution in [0.1, 0.15) is 67.6 Å². The number of halogens is 1. The number of carbonyl (C=O) groups excluding carboxylic acids is 2. The molecule has 3 aromatic rings. The summed E-state index contributed by atoms with van der Waals surface area (Å²) in [6.45, 7) is 6.14. The first kappa shape index (κ1) is 26.2. The van der Waals surface area contributed by atoms with E-state index in [1.54, 1.807) is 37.6 Å². The third-order valence-electron chi connectivity index (χ3n) is 6.35. The molecule has 1 N–H and O–H groups in total. The van der Waals surface area contributed by atoms with E-state index in [0.29, 0.717) is 35.3 Å². The molecule has 0 aliphatic heterocycles. The molecular formula is C27H32FN5O4. The fourth-order valence-corrected chi connectivity index (χ4v) is 4.62. The quantitative estimate of drug-likeness (QED) is 0.382. The topological polar surface area (TPSA) is 108 Å². The van der Waals surface area contributed by atoms with Crippen LogP contribution in [-0.4, -0.2) is 44.8 Å². The number of aromatic nitrogens is 4. The fraction of sp³-hybridized carbons (Fsp3) is 0.444. The minimum Gasteiger partial charge on any atom is -0.482 e. The number of ether oxygens (including phenoxy) is 2. The Morgan fingerprint density at radius 3 is 2.46 bits per heavy atom. The van der Waals surface area contributed by atoms with E-state index in [0.717, 1.165) is 18.4 Å². The molecule has 1 unspecified atom stereocenters. The Bertz CT molecular complexity index is 1200. The number of benzene rings is 1. The molecule has 0 radical (unpaired) electrons. The van der Waals surface area contributed by atoms with E-state index in [4.69, 9.17) is 9.47 Å². The van der Waals surface area contributed by atoms with E-state index in [-0.39, 0.29) is 36.4 Å². The van der Waals surface area contributed by atoms with E-state index in [1.807, 2.05) is 12.1 Å². The zero-order valence-electron chi connectivity index (χ0n) is 21.3. The summed E-state index contributed by atoms with van der Waals surface area (Å²) in [5.41, 5.74) is 2.15. The summed E-state index contributed by atoms with van der Waals surface area (Å²) in [6, 6.07) is 7.31. The van der Waals surface area contributed by atoms with E-state index >= 15 is 0 Å². The first-order valence-corrected chi connectivity index (χ1v) is 12.4. The minimum atomic E-state index is -0.603. The molecule has 1 saturated carbocycles. The van der Waals surface area contributed by atoms with Crippen LogP contribution in [0.4, 0.5) is 4.39 Å². The molecule has 4 rings (SSSR count). The highest BCUT2D eigenvalue weighted by Crippen LogP contribution is 2.51. The zero-order valence-corrected chi connectivity index (χ0v) is 21.3. The lowest BCUT2D eigenvalue weighted by Gasteiger charge is -2.46. The van der Waals surface area contributed by atoms with Gasteiger partial charge in [-0.3, -0.25) is 9.59 Å². The Balaban J connectivity index is 1.43. The number of alkyl halides is 1. The Morgan fingerprint density at radius 1 is 1.16 bits per heavy atom. The molecule has 196 valence electrons. The highest BCUT2D eigenvalue weighted by atomic mass is 19.1. The van der Waals surface area contributed by atoms with Crippen LogP contribution in [0.15, 0.2) is 49.1 Å². The van der Waals surface area contributed by atoms with Gasteiger partial charge in [0.05, 0.1) is 31.6 Å². The molecule has 0 bridgehead atoms. The van der Waals surface area contributed by atoms with Crippen LogP contribution >= 0.6 is 0 Å². The zero-order chi connectivity index (χ0) is 26.4. The molecule has 1 fully saturated rings. The van der Waals surface area contributed by atoms with Crippen molar-refractivity contribution < 1.29 is 23.5 Å². The Morgan fingerprint density at radius 2 is 1.86 bits per heavy atom. The summed E-state index contributed by atoms with van der Waals surface area (Å²) in [6.07, 6.45) is 8.06. The molecule has 0 spiro atoms. The first-order valence-electron chi connectivity index (χ1n) is 12.4. The van der Waals surface area contributed by atoms with Gasteiger partial charge in [0.25, 0.3) is 11.9 Å². The van der Waals surface area contributed by atoms with Crippen molar-refractivity contribution in [2.45, 2.75) is 52.8 Å². The second-order valence-corrected chi connectivity index (χ2v) is 9.95. The van der Waals surface area contributed by atoms with Gasteiger partial charge < -0.3 is 14.8 Å². The van der Waals surface area contributed by atoms with E-state index in [1.165, 1.54) is 10.9 Å². The van der Waals surface area contributed by atoms with E-state index < -0.39 is 6.67 Å². The summed E-state index contributed by atoms with van der Waals surface area (Å²) < 4.78 is 25.5. The molecule has 37 heavy (non-hydrogen) atoms. The molecular weight excluding hydrogens is 477 g/mol. The molecule has 1 atom stereocenters. The second kappa shape index (κ2) is 11.5. The molecule has 2 heterocycles. The highest BCUT2D eigenvalue weighted by Gasteiger charge is 2.42. The number of hydrogen-bond acceptors (Lipinski definition) is 7. The summed E-state index contributed by atoms with van der Waals surface area (Å²) in [4.78, 5) is 32.6. The van der Waals surface area contributed by atoms with Gasteiger partial charge in [0.15, 0.2) is 5.75 Å².